The number of amides is 2. The van der Waals surface area contributed by atoms with E-state index in [0.717, 1.165) is 36.3 Å². The second-order valence-electron chi connectivity index (χ2n) is 7.35. The maximum atomic E-state index is 12.6. The van der Waals surface area contributed by atoms with Crippen LogP contribution in [-0.2, 0) is 17.8 Å². The molecule has 7 nitrogen and oxygen atoms in total. The lowest BCUT2D eigenvalue weighted by Crippen LogP contribution is -2.48. The van der Waals surface area contributed by atoms with E-state index in [0.29, 0.717) is 25.9 Å². The summed E-state index contributed by atoms with van der Waals surface area (Å²) < 4.78 is 2.09. The number of carboxylic acids is 1. The van der Waals surface area contributed by atoms with Gasteiger partial charge in [-0.15, -0.1) is 0 Å². The van der Waals surface area contributed by atoms with Crippen molar-refractivity contribution in [3.05, 3.63) is 48.0 Å². The number of nitrogens with one attached hydrogen (secondary N) is 1. The van der Waals surface area contributed by atoms with Gasteiger partial charge in [-0.25, -0.2) is 9.78 Å². The van der Waals surface area contributed by atoms with E-state index < -0.39 is 5.97 Å². The van der Waals surface area contributed by atoms with Crippen molar-refractivity contribution < 1.29 is 14.7 Å². The highest BCUT2D eigenvalue weighted by atomic mass is 16.4. The Morgan fingerprint density at radius 3 is 2.56 bits per heavy atom. The lowest BCUT2D eigenvalue weighted by Gasteiger charge is -2.32. The number of carboxylic acid groups (broad SMARTS) is 1. The third-order valence-corrected chi connectivity index (χ3v) is 5.64. The number of carbonyl (C=O) groups excluding carboxylic acids is 1. The number of carbonyl (C=O) groups is 2. The first-order chi connectivity index (χ1) is 13.1. The molecule has 0 atom stereocenters. The van der Waals surface area contributed by atoms with Gasteiger partial charge in [0.25, 0.3) is 0 Å². The molecular weight excluding hydrogens is 344 g/mol. The zero-order valence-electron chi connectivity index (χ0n) is 15.2. The summed E-state index contributed by atoms with van der Waals surface area (Å²) in [5.41, 5.74) is 3.18. The molecule has 1 aromatic carbocycles. The summed E-state index contributed by atoms with van der Waals surface area (Å²) in [6.07, 6.45) is 5.31. The van der Waals surface area contributed by atoms with Gasteiger partial charge in [0.2, 0.25) is 0 Å². The van der Waals surface area contributed by atoms with Crippen LogP contribution in [-0.4, -0.2) is 44.1 Å². The Labute approximate surface area is 158 Å². The molecule has 0 unspecified atom stereocenters. The number of para-hydroxylation sites is 1. The fraction of sp³-hybridized carbons (Fsp3) is 0.450. The van der Waals surface area contributed by atoms with E-state index >= 15 is 0 Å². The van der Waals surface area contributed by atoms with E-state index in [-0.39, 0.29) is 18.0 Å². The summed E-state index contributed by atoms with van der Waals surface area (Å²) >= 11 is 0. The van der Waals surface area contributed by atoms with E-state index in [4.69, 9.17) is 5.11 Å². The Morgan fingerprint density at radius 2 is 1.85 bits per heavy atom. The fourth-order valence-corrected chi connectivity index (χ4v) is 4.04. The molecule has 1 fully saturated rings. The maximum Gasteiger partial charge on any atom is 0.317 e. The molecule has 7 heteroatoms. The first kappa shape index (κ1) is 17.6. The summed E-state index contributed by atoms with van der Waals surface area (Å²) in [7, 11) is 0. The van der Waals surface area contributed by atoms with Gasteiger partial charge in [0, 0.05) is 30.4 Å². The van der Waals surface area contributed by atoms with E-state index in [2.05, 4.69) is 27.0 Å². The number of benzene rings is 1. The fourth-order valence-electron chi connectivity index (χ4n) is 4.04. The molecule has 2 amide bonds. The van der Waals surface area contributed by atoms with Crippen LogP contribution in [0.25, 0.3) is 5.69 Å². The molecule has 2 heterocycles. The Bertz CT molecular complexity index is 825. The number of urea groups is 1. The molecule has 1 aliphatic carbocycles. The standard InChI is InChI=1S/C20H24N4O3/c25-19(26)14-6-8-15(9-7-14)22-20(27)23-11-10-18-17(12-23)21-13-24(18)16-4-2-1-3-5-16/h1-5,13-15H,6-12H2,(H,22,27)(H,25,26). The number of nitrogens with zero attached hydrogens (tertiary/aromatic N) is 3. The minimum absolute atomic E-state index is 0.0661. The molecule has 4 rings (SSSR count). The van der Waals surface area contributed by atoms with Crippen LogP contribution in [0.3, 0.4) is 0 Å². The molecule has 27 heavy (non-hydrogen) atoms. The van der Waals surface area contributed by atoms with Gasteiger partial charge >= 0.3 is 12.0 Å². The van der Waals surface area contributed by atoms with Crippen molar-refractivity contribution in [1.29, 1.82) is 0 Å². The number of rotatable bonds is 3. The van der Waals surface area contributed by atoms with Gasteiger partial charge in [-0.2, -0.15) is 0 Å². The predicted octanol–water partition coefficient (Wildman–Crippen LogP) is 2.58. The molecule has 0 bridgehead atoms. The minimum Gasteiger partial charge on any atom is -0.481 e. The molecular formula is C20H24N4O3. The van der Waals surface area contributed by atoms with Crippen LogP contribution in [0.5, 0.6) is 0 Å². The van der Waals surface area contributed by atoms with Gasteiger partial charge in [-0.05, 0) is 37.8 Å². The number of aliphatic carboxylic acids is 1. The smallest absolute Gasteiger partial charge is 0.317 e. The van der Waals surface area contributed by atoms with Gasteiger partial charge in [-0.1, -0.05) is 18.2 Å². The van der Waals surface area contributed by atoms with Crippen LogP contribution < -0.4 is 5.32 Å². The van der Waals surface area contributed by atoms with Crippen LogP contribution >= 0.6 is 0 Å². The minimum atomic E-state index is -0.725. The maximum absolute atomic E-state index is 12.6. The Balaban J connectivity index is 1.37. The third kappa shape index (κ3) is 3.67. The molecule has 0 saturated heterocycles. The van der Waals surface area contributed by atoms with Gasteiger partial charge in [0.1, 0.15) is 0 Å². The molecule has 2 aromatic rings. The van der Waals surface area contributed by atoms with Crippen molar-refractivity contribution in [3.8, 4) is 5.69 Å². The van der Waals surface area contributed by atoms with Crippen molar-refractivity contribution in [1.82, 2.24) is 19.8 Å². The number of imidazole rings is 1. The predicted molar refractivity (Wildman–Crippen MR) is 99.6 cm³/mol. The molecule has 2 N–H and O–H groups in total. The Kier molecular flexibility index (Phi) is 4.83. The third-order valence-electron chi connectivity index (χ3n) is 5.64. The molecule has 0 radical (unpaired) electrons. The first-order valence-electron chi connectivity index (χ1n) is 9.50. The van der Waals surface area contributed by atoms with E-state index in [1.54, 1.807) is 4.90 Å². The normalized spacial score (nSPS) is 22.1. The molecule has 1 aliphatic heterocycles. The van der Waals surface area contributed by atoms with Crippen LogP contribution in [0.4, 0.5) is 4.79 Å². The van der Waals surface area contributed by atoms with E-state index in [1.807, 2.05) is 24.5 Å². The van der Waals surface area contributed by atoms with Gasteiger partial charge in [-0.3, -0.25) is 4.79 Å². The van der Waals surface area contributed by atoms with Crippen molar-refractivity contribution >= 4 is 12.0 Å². The van der Waals surface area contributed by atoms with E-state index in [1.165, 1.54) is 0 Å². The Hall–Kier alpha value is -2.83. The zero-order chi connectivity index (χ0) is 18.8. The summed E-state index contributed by atoms with van der Waals surface area (Å²) in [5, 5.41) is 12.2. The van der Waals surface area contributed by atoms with Crippen molar-refractivity contribution in [2.75, 3.05) is 6.54 Å². The summed E-state index contributed by atoms with van der Waals surface area (Å²) in [6, 6.07) is 10.1. The van der Waals surface area contributed by atoms with Crippen LogP contribution in [0, 0.1) is 5.92 Å². The second kappa shape index (κ2) is 7.42. The molecule has 0 spiro atoms. The quantitative estimate of drug-likeness (QED) is 0.872. The van der Waals surface area contributed by atoms with Crippen molar-refractivity contribution in [2.24, 2.45) is 5.92 Å². The monoisotopic (exact) mass is 368 g/mol. The van der Waals surface area contributed by atoms with Crippen LogP contribution in [0.15, 0.2) is 36.7 Å². The first-order valence-corrected chi connectivity index (χ1v) is 9.50. The van der Waals surface area contributed by atoms with Gasteiger partial charge in [0.05, 0.1) is 24.5 Å². The number of fused-ring (bicyclic) bond motifs is 1. The number of hydrogen-bond donors (Lipinski definition) is 2. The number of hydrogen-bond acceptors (Lipinski definition) is 3. The molecule has 2 aliphatic rings. The van der Waals surface area contributed by atoms with Gasteiger partial charge < -0.3 is 19.9 Å². The van der Waals surface area contributed by atoms with Crippen LogP contribution in [0.1, 0.15) is 37.1 Å². The average molecular weight is 368 g/mol. The van der Waals surface area contributed by atoms with E-state index in [9.17, 15) is 9.59 Å². The zero-order valence-corrected chi connectivity index (χ0v) is 15.2. The number of aromatic nitrogens is 2. The summed E-state index contributed by atoms with van der Waals surface area (Å²) in [6.45, 7) is 1.16. The molecule has 1 aromatic heterocycles. The van der Waals surface area contributed by atoms with Gasteiger partial charge in [0.15, 0.2) is 0 Å². The second-order valence-corrected chi connectivity index (χ2v) is 7.35. The molecule has 1 saturated carbocycles. The summed E-state index contributed by atoms with van der Waals surface area (Å²) in [5.74, 6) is -0.991. The average Bonchev–Trinajstić information content (AvgIpc) is 3.12. The van der Waals surface area contributed by atoms with Crippen molar-refractivity contribution in [3.63, 3.8) is 0 Å². The highest BCUT2D eigenvalue weighted by molar-refractivity contribution is 5.75. The SMILES string of the molecule is O=C(O)C1CCC(NC(=O)N2CCc3c(ncn3-c3ccccc3)C2)CC1. The van der Waals surface area contributed by atoms with Crippen LogP contribution in [0.2, 0.25) is 0 Å². The topological polar surface area (TPSA) is 87.5 Å². The highest BCUT2D eigenvalue weighted by Gasteiger charge is 2.29. The largest absolute Gasteiger partial charge is 0.481 e. The summed E-state index contributed by atoms with van der Waals surface area (Å²) in [4.78, 5) is 30.0. The molecule has 142 valence electrons. The lowest BCUT2D eigenvalue weighted by atomic mass is 9.86. The highest BCUT2D eigenvalue weighted by Crippen LogP contribution is 2.25. The van der Waals surface area contributed by atoms with Crippen molar-refractivity contribution in [2.45, 2.75) is 44.7 Å². The Morgan fingerprint density at radius 1 is 1.11 bits per heavy atom. The lowest BCUT2D eigenvalue weighted by molar-refractivity contribution is -0.142.